The predicted octanol–water partition coefficient (Wildman–Crippen LogP) is 3.73. The van der Waals surface area contributed by atoms with E-state index < -0.39 is 72.1 Å². The van der Waals surface area contributed by atoms with Gasteiger partial charge < -0.3 is 39.3 Å². The summed E-state index contributed by atoms with van der Waals surface area (Å²) in [4.78, 5) is 56.1. The first-order valence-corrected chi connectivity index (χ1v) is 18.9. The van der Waals surface area contributed by atoms with E-state index in [0.717, 1.165) is 11.1 Å². The quantitative estimate of drug-likeness (QED) is 0.224. The predicted molar refractivity (Wildman–Crippen MR) is 198 cm³/mol. The molecule has 4 rings (SSSR count). The number of benzene rings is 1. The highest BCUT2D eigenvalue weighted by molar-refractivity contribution is 8.00. The Morgan fingerprint density at radius 1 is 1.23 bits per heavy atom. The minimum Gasteiger partial charge on any atom is -0.457 e. The fourth-order valence-corrected chi connectivity index (χ4v) is 7.62. The van der Waals surface area contributed by atoms with Gasteiger partial charge in [0.1, 0.15) is 23.9 Å². The number of epoxide rings is 1. The minimum atomic E-state index is -1.86. The molecule has 0 saturated carbocycles. The highest BCUT2D eigenvalue weighted by atomic mass is 35.5. The van der Waals surface area contributed by atoms with Crippen molar-refractivity contribution >= 4 is 52.9 Å². The van der Waals surface area contributed by atoms with Gasteiger partial charge in [-0.25, -0.2) is 9.59 Å². The fraction of sp³-hybridized carbons (Fsp3) is 0.622. The number of carbonyl (C=O) groups excluding carboxylic acids is 4. The van der Waals surface area contributed by atoms with Crippen LogP contribution in [-0.4, -0.2) is 111 Å². The van der Waals surface area contributed by atoms with E-state index in [9.17, 15) is 34.5 Å². The summed E-state index contributed by atoms with van der Waals surface area (Å²) in [7, 11) is 3.07. The lowest BCUT2D eigenvalue weighted by atomic mass is 9.81. The van der Waals surface area contributed by atoms with Crippen LogP contribution in [0.25, 0.3) is 0 Å². The molecule has 3 aliphatic heterocycles. The third-order valence-electron chi connectivity index (χ3n) is 10.3. The van der Waals surface area contributed by atoms with Crippen LogP contribution in [0.5, 0.6) is 0 Å². The van der Waals surface area contributed by atoms with Crippen molar-refractivity contribution in [1.29, 1.82) is 0 Å². The van der Waals surface area contributed by atoms with E-state index >= 15 is 0 Å². The normalized spacial score (nSPS) is 31.8. The molecule has 0 aromatic heterocycles. The van der Waals surface area contributed by atoms with E-state index in [1.54, 1.807) is 58.2 Å². The van der Waals surface area contributed by atoms with Crippen molar-refractivity contribution in [2.75, 3.05) is 31.4 Å². The van der Waals surface area contributed by atoms with Crippen LogP contribution in [0, 0.1) is 11.8 Å². The Labute approximate surface area is 314 Å². The molecule has 0 spiro atoms. The van der Waals surface area contributed by atoms with Gasteiger partial charge >= 0.3 is 12.1 Å². The molecule has 8 atom stereocenters. The van der Waals surface area contributed by atoms with Crippen LogP contribution in [0.1, 0.15) is 65.5 Å². The zero-order valence-electron chi connectivity index (χ0n) is 31.1. The largest absolute Gasteiger partial charge is 0.457 e. The van der Waals surface area contributed by atoms with E-state index in [-0.39, 0.29) is 41.4 Å². The molecular weight excluding hydrogens is 714 g/mol. The lowest BCUT2D eigenvalue weighted by Gasteiger charge is -2.42. The fourth-order valence-electron chi connectivity index (χ4n) is 6.65. The molecule has 3 heterocycles. The Morgan fingerprint density at radius 2 is 1.92 bits per heavy atom. The summed E-state index contributed by atoms with van der Waals surface area (Å²) in [5, 5.41) is 35.0. The average Bonchev–Trinajstić information content (AvgIpc) is 3.79. The number of fused-ring (bicyclic) bond motifs is 5. The van der Waals surface area contributed by atoms with Crippen molar-refractivity contribution in [1.82, 2.24) is 10.2 Å². The number of halogens is 1. The molecule has 4 N–H and O–H groups in total. The maximum Gasteiger partial charge on any atom is 0.409 e. The standard InChI is InChI=1S/C37H52ClN3O10S/c1-20(2)52-19-31(45)40(7)23(5)34(46)50-29-15-30(44)41(8)27-14-24(13-25(17-42)32(27)38)12-21(3)10-9-11-26(18-43)37(48)16-28(49-35(47)39-37)22(4)33-36(29,6)51-33/h9-11,13-14,20,22-23,26,28-29,33,42-43,48H,12,15-19H2,1-8H3,(H,39,47)/b11-9+,21-10+. The Morgan fingerprint density at radius 3 is 2.56 bits per heavy atom. The van der Waals surface area contributed by atoms with Gasteiger partial charge in [-0.3, -0.25) is 14.9 Å². The molecule has 0 radical (unpaired) electrons. The van der Waals surface area contributed by atoms with Crippen LogP contribution in [0.4, 0.5) is 10.5 Å². The maximum absolute atomic E-state index is 14.1. The van der Waals surface area contributed by atoms with Crippen molar-refractivity contribution < 1.29 is 48.7 Å². The molecule has 288 valence electrons. The molecule has 1 aromatic carbocycles. The molecule has 1 aromatic rings. The second-order valence-electron chi connectivity index (χ2n) is 14.5. The first-order valence-electron chi connectivity index (χ1n) is 17.4. The molecule has 2 saturated heterocycles. The molecule has 0 aliphatic carbocycles. The summed E-state index contributed by atoms with van der Waals surface area (Å²) in [5.41, 5.74) is -0.696. The first-order chi connectivity index (χ1) is 24.3. The number of ether oxygens (including phenoxy) is 3. The molecule has 2 fully saturated rings. The minimum absolute atomic E-state index is 0.0904. The number of nitrogens with one attached hydrogen (secondary N) is 1. The number of carbonyl (C=O) groups is 4. The zero-order valence-corrected chi connectivity index (χ0v) is 32.6. The lowest BCUT2D eigenvalue weighted by Crippen LogP contribution is -2.62. The van der Waals surface area contributed by atoms with Crippen LogP contribution < -0.4 is 10.2 Å². The summed E-state index contributed by atoms with van der Waals surface area (Å²) >= 11 is 8.16. The Hall–Kier alpha value is -3.14. The number of hydrogen-bond donors (Lipinski definition) is 4. The van der Waals surface area contributed by atoms with Gasteiger partial charge in [0.2, 0.25) is 11.8 Å². The Balaban J connectivity index is 1.75. The van der Waals surface area contributed by atoms with E-state index in [1.165, 1.54) is 28.6 Å². The second kappa shape index (κ2) is 16.9. The van der Waals surface area contributed by atoms with Gasteiger partial charge in [-0.1, -0.05) is 62.2 Å². The van der Waals surface area contributed by atoms with Crippen LogP contribution in [0.15, 0.2) is 35.9 Å². The summed E-state index contributed by atoms with van der Waals surface area (Å²) < 4.78 is 17.9. The molecule has 3 aliphatic rings. The Bertz CT molecular complexity index is 1590. The smallest absolute Gasteiger partial charge is 0.409 e. The third kappa shape index (κ3) is 9.31. The summed E-state index contributed by atoms with van der Waals surface area (Å²) in [6.07, 6.45) is 1.50. The molecule has 13 nitrogen and oxygen atoms in total. The number of thioether (sulfide) groups is 1. The van der Waals surface area contributed by atoms with Gasteiger partial charge in [0.15, 0.2) is 5.72 Å². The first kappa shape index (κ1) is 41.6. The van der Waals surface area contributed by atoms with Crippen molar-refractivity contribution in [3.63, 3.8) is 0 Å². The van der Waals surface area contributed by atoms with Crippen molar-refractivity contribution in [2.45, 2.75) is 108 Å². The highest BCUT2D eigenvalue weighted by Gasteiger charge is 2.64. The highest BCUT2D eigenvalue weighted by Crippen LogP contribution is 2.49. The molecule has 15 heteroatoms. The van der Waals surface area contributed by atoms with Crippen molar-refractivity contribution in [2.24, 2.45) is 11.8 Å². The molecule has 4 bridgehead atoms. The molecule has 3 amide bonds. The SMILES string of the molecule is C/C1=C\C=C\C(CO)C2(O)CC(OC(=O)N2)C(C)C2OC2(C)C(OC(=O)C(C)N(C)C(=O)CSC(C)C)CC(=O)N(C)c2cc(cc(CO)c2Cl)C1. The number of rotatable bonds is 8. The zero-order chi connectivity index (χ0) is 38.7. The van der Waals surface area contributed by atoms with E-state index in [4.69, 9.17) is 25.8 Å². The van der Waals surface area contributed by atoms with Crippen LogP contribution in [-0.2, 0) is 41.6 Å². The van der Waals surface area contributed by atoms with Crippen molar-refractivity contribution in [3.8, 4) is 0 Å². The van der Waals surface area contributed by atoms with Gasteiger partial charge in [0, 0.05) is 32.4 Å². The topological polar surface area (TPSA) is 178 Å². The van der Waals surface area contributed by atoms with Gasteiger partial charge in [0.25, 0.3) is 0 Å². The van der Waals surface area contributed by atoms with E-state index in [1.807, 2.05) is 20.8 Å². The molecule has 52 heavy (non-hydrogen) atoms. The molecular formula is C37H52ClN3O10S. The number of aliphatic hydroxyl groups is 3. The monoisotopic (exact) mass is 765 g/mol. The Kier molecular flexibility index (Phi) is 13.5. The van der Waals surface area contributed by atoms with Crippen LogP contribution >= 0.6 is 23.4 Å². The average molecular weight is 766 g/mol. The maximum atomic E-state index is 14.1. The number of esters is 1. The van der Waals surface area contributed by atoms with Crippen LogP contribution in [0.3, 0.4) is 0 Å². The van der Waals surface area contributed by atoms with Crippen LogP contribution in [0.2, 0.25) is 5.02 Å². The number of aliphatic hydroxyl groups excluding tert-OH is 2. The number of amides is 3. The summed E-state index contributed by atoms with van der Waals surface area (Å²) in [6.45, 7) is 9.99. The van der Waals surface area contributed by atoms with Gasteiger partial charge in [-0.05, 0) is 49.6 Å². The summed E-state index contributed by atoms with van der Waals surface area (Å²) in [5.74, 6) is -2.73. The van der Waals surface area contributed by atoms with Gasteiger partial charge in [-0.15, -0.1) is 11.8 Å². The number of hydrogen-bond acceptors (Lipinski definition) is 11. The number of allylic oxidation sites excluding steroid dienone is 3. The number of anilines is 1. The number of nitrogens with zero attached hydrogens (tertiary/aromatic N) is 2. The molecule has 8 unspecified atom stereocenters. The second-order valence-corrected chi connectivity index (χ2v) is 16.5. The van der Waals surface area contributed by atoms with E-state index in [0.29, 0.717) is 17.7 Å². The van der Waals surface area contributed by atoms with Crippen molar-refractivity contribution in [3.05, 3.63) is 52.1 Å². The lowest BCUT2D eigenvalue weighted by molar-refractivity contribution is -0.161. The van der Waals surface area contributed by atoms with Gasteiger partial charge in [0.05, 0.1) is 42.2 Å². The third-order valence-corrected chi connectivity index (χ3v) is 11.8. The summed E-state index contributed by atoms with van der Waals surface area (Å²) in [6, 6.07) is 2.52. The number of alkyl carbamates (subject to hydrolysis) is 1. The van der Waals surface area contributed by atoms with Gasteiger partial charge in [-0.2, -0.15) is 0 Å². The number of likely N-dealkylation sites (N-methyl/N-ethyl adjacent to an activating group) is 1. The van der Waals surface area contributed by atoms with E-state index in [2.05, 4.69) is 5.32 Å².